The molecule has 3 rings (SSSR count). The quantitative estimate of drug-likeness (QED) is 0.928. The number of aliphatic hydroxyl groups is 1. The van der Waals surface area contributed by atoms with Crippen molar-refractivity contribution in [3.8, 4) is 0 Å². The number of aromatic nitrogens is 1. The van der Waals surface area contributed by atoms with Crippen LogP contribution in [0.2, 0.25) is 0 Å². The van der Waals surface area contributed by atoms with E-state index in [0.29, 0.717) is 6.10 Å². The van der Waals surface area contributed by atoms with E-state index in [0.717, 1.165) is 48.3 Å². The predicted molar refractivity (Wildman–Crippen MR) is 79.9 cm³/mol. The highest BCUT2D eigenvalue weighted by Crippen LogP contribution is 2.23. The van der Waals surface area contributed by atoms with Gasteiger partial charge in [0.1, 0.15) is 5.82 Å². The second-order valence-corrected chi connectivity index (χ2v) is 5.33. The Morgan fingerprint density at radius 2 is 2.25 bits per heavy atom. The van der Waals surface area contributed by atoms with E-state index >= 15 is 0 Å². The lowest BCUT2D eigenvalue weighted by atomic mass is 10.1. The normalized spacial score (nSPS) is 18.6. The molecule has 4 nitrogen and oxygen atoms in total. The van der Waals surface area contributed by atoms with Crippen molar-refractivity contribution in [3.63, 3.8) is 0 Å². The molecule has 1 aromatic heterocycles. The van der Waals surface area contributed by atoms with Crippen molar-refractivity contribution in [2.75, 3.05) is 25.1 Å². The van der Waals surface area contributed by atoms with Gasteiger partial charge in [-0.05, 0) is 30.5 Å². The van der Waals surface area contributed by atoms with Crippen molar-refractivity contribution < 1.29 is 9.84 Å². The zero-order valence-corrected chi connectivity index (χ0v) is 11.7. The van der Waals surface area contributed by atoms with Gasteiger partial charge in [0.05, 0.1) is 18.2 Å². The Balaban J connectivity index is 1.90. The SMILES string of the molecule is CN(CC1CCCO1)c1cc(CO)c2ccccc2n1. The molecule has 1 atom stereocenters. The summed E-state index contributed by atoms with van der Waals surface area (Å²) in [7, 11) is 2.03. The molecular weight excluding hydrogens is 252 g/mol. The monoisotopic (exact) mass is 272 g/mol. The van der Waals surface area contributed by atoms with Gasteiger partial charge in [0.2, 0.25) is 0 Å². The molecule has 1 aromatic carbocycles. The molecule has 1 saturated heterocycles. The van der Waals surface area contributed by atoms with Crippen LogP contribution >= 0.6 is 0 Å². The molecule has 1 fully saturated rings. The van der Waals surface area contributed by atoms with Gasteiger partial charge in [-0.15, -0.1) is 0 Å². The van der Waals surface area contributed by atoms with Crippen molar-refractivity contribution >= 4 is 16.7 Å². The second-order valence-electron chi connectivity index (χ2n) is 5.33. The smallest absolute Gasteiger partial charge is 0.129 e. The highest BCUT2D eigenvalue weighted by Gasteiger charge is 2.18. The van der Waals surface area contributed by atoms with Crippen molar-refractivity contribution in [3.05, 3.63) is 35.9 Å². The highest BCUT2D eigenvalue weighted by atomic mass is 16.5. The topological polar surface area (TPSA) is 45.6 Å². The van der Waals surface area contributed by atoms with E-state index < -0.39 is 0 Å². The van der Waals surface area contributed by atoms with Gasteiger partial charge in [-0.25, -0.2) is 4.98 Å². The van der Waals surface area contributed by atoms with E-state index in [1.165, 1.54) is 0 Å². The maximum atomic E-state index is 9.56. The lowest BCUT2D eigenvalue weighted by Crippen LogP contribution is -2.29. The van der Waals surface area contributed by atoms with E-state index in [1.807, 2.05) is 37.4 Å². The molecule has 0 bridgehead atoms. The number of hydrogen-bond acceptors (Lipinski definition) is 4. The molecule has 1 N–H and O–H groups in total. The van der Waals surface area contributed by atoms with Gasteiger partial charge in [0, 0.05) is 25.6 Å². The Bertz CT molecular complexity index is 594. The molecule has 1 aliphatic rings. The summed E-state index contributed by atoms with van der Waals surface area (Å²) >= 11 is 0. The molecule has 2 aromatic rings. The number of pyridine rings is 1. The number of aliphatic hydroxyl groups excluding tert-OH is 1. The molecular formula is C16H20N2O2. The average molecular weight is 272 g/mol. The summed E-state index contributed by atoms with van der Waals surface area (Å²) < 4.78 is 5.67. The first kappa shape index (κ1) is 13.3. The fraction of sp³-hybridized carbons (Fsp3) is 0.438. The molecule has 0 spiro atoms. The predicted octanol–water partition coefficient (Wildman–Crippen LogP) is 2.34. The summed E-state index contributed by atoms with van der Waals surface area (Å²) in [6.07, 6.45) is 2.56. The minimum Gasteiger partial charge on any atom is -0.392 e. The summed E-state index contributed by atoms with van der Waals surface area (Å²) in [4.78, 5) is 6.80. The third-order valence-electron chi connectivity index (χ3n) is 3.85. The Morgan fingerprint density at radius 3 is 3.00 bits per heavy atom. The number of ether oxygens (including phenoxy) is 1. The fourth-order valence-electron chi connectivity index (χ4n) is 2.75. The number of para-hydroxylation sites is 1. The molecule has 20 heavy (non-hydrogen) atoms. The van der Waals surface area contributed by atoms with Crippen LogP contribution in [0.4, 0.5) is 5.82 Å². The van der Waals surface area contributed by atoms with Gasteiger partial charge in [-0.2, -0.15) is 0 Å². The molecule has 106 valence electrons. The third kappa shape index (κ3) is 2.62. The Hall–Kier alpha value is -1.65. The first-order chi connectivity index (χ1) is 9.78. The first-order valence-corrected chi connectivity index (χ1v) is 7.10. The summed E-state index contributed by atoms with van der Waals surface area (Å²) in [5.41, 5.74) is 1.85. The van der Waals surface area contributed by atoms with E-state index in [-0.39, 0.29) is 6.61 Å². The van der Waals surface area contributed by atoms with Gasteiger partial charge >= 0.3 is 0 Å². The molecule has 0 saturated carbocycles. The van der Waals surface area contributed by atoms with E-state index in [1.54, 1.807) is 0 Å². The van der Waals surface area contributed by atoms with Crippen LogP contribution in [-0.4, -0.2) is 36.4 Å². The molecule has 1 unspecified atom stereocenters. The minimum absolute atomic E-state index is 0.0315. The first-order valence-electron chi connectivity index (χ1n) is 7.10. The standard InChI is InChI=1S/C16H20N2O2/c1-18(10-13-5-4-8-20-13)16-9-12(11-19)14-6-2-3-7-15(14)17-16/h2-3,6-7,9,13,19H,4-5,8,10-11H2,1H3. The van der Waals surface area contributed by atoms with Crippen molar-refractivity contribution in [2.45, 2.75) is 25.6 Å². The van der Waals surface area contributed by atoms with Crippen LogP contribution in [0.15, 0.2) is 30.3 Å². The Morgan fingerprint density at radius 1 is 1.40 bits per heavy atom. The van der Waals surface area contributed by atoms with Crippen molar-refractivity contribution in [2.24, 2.45) is 0 Å². The maximum Gasteiger partial charge on any atom is 0.129 e. The van der Waals surface area contributed by atoms with Gasteiger partial charge < -0.3 is 14.7 Å². The molecule has 4 heteroatoms. The van der Waals surface area contributed by atoms with Crippen LogP contribution < -0.4 is 4.90 Å². The molecule has 0 aliphatic carbocycles. The number of nitrogens with zero attached hydrogens (tertiary/aromatic N) is 2. The summed E-state index contributed by atoms with van der Waals surface area (Å²) in [5, 5.41) is 10.6. The number of anilines is 1. The lowest BCUT2D eigenvalue weighted by Gasteiger charge is -2.22. The lowest BCUT2D eigenvalue weighted by molar-refractivity contribution is 0.116. The molecule has 2 heterocycles. The van der Waals surface area contributed by atoms with Gasteiger partial charge in [0.15, 0.2) is 0 Å². The highest BCUT2D eigenvalue weighted by molar-refractivity contribution is 5.84. The van der Waals surface area contributed by atoms with Crippen LogP contribution in [-0.2, 0) is 11.3 Å². The van der Waals surface area contributed by atoms with Crippen molar-refractivity contribution in [1.82, 2.24) is 4.98 Å². The average Bonchev–Trinajstić information content (AvgIpc) is 2.99. The molecule has 0 radical (unpaired) electrons. The Labute approximate surface area is 119 Å². The molecule has 1 aliphatic heterocycles. The van der Waals surface area contributed by atoms with Crippen LogP contribution in [0.5, 0.6) is 0 Å². The van der Waals surface area contributed by atoms with Crippen LogP contribution in [0.3, 0.4) is 0 Å². The van der Waals surface area contributed by atoms with Crippen LogP contribution in [0.25, 0.3) is 10.9 Å². The summed E-state index contributed by atoms with van der Waals surface area (Å²) in [6, 6.07) is 9.90. The van der Waals surface area contributed by atoms with Crippen molar-refractivity contribution in [1.29, 1.82) is 0 Å². The zero-order chi connectivity index (χ0) is 13.9. The van der Waals surface area contributed by atoms with Gasteiger partial charge in [-0.1, -0.05) is 18.2 Å². The summed E-state index contributed by atoms with van der Waals surface area (Å²) in [5.74, 6) is 0.892. The van der Waals surface area contributed by atoms with E-state index in [4.69, 9.17) is 4.74 Å². The van der Waals surface area contributed by atoms with E-state index in [2.05, 4.69) is 9.88 Å². The second kappa shape index (κ2) is 5.77. The number of benzene rings is 1. The zero-order valence-electron chi connectivity index (χ0n) is 11.7. The number of hydrogen-bond donors (Lipinski definition) is 1. The van der Waals surface area contributed by atoms with Gasteiger partial charge in [-0.3, -0.25) is 0 Å². The van der Waals surface area contributed by atoms with E-state index in [9.17, 15) is 5.11 Å². The fourth-order valence-corrected chi connectivity index (χ4v) is 2.75. The number of likely N-dealkylation sites (N-methyl/N-ethyl adjacent to an activating group) is 1. The third-order valence-corrected chi connectivity index (χ3v) is 3.85. The maximum absolute atomic E-state index is 9.56. The number of fused-ring (bicyclic) bond motifs is 1. The number of rotatable bonds is 4. The van der Waals surface area contributed by atoms with Gasteiger partial charge in [0.25, 0.3) is 0 Å². The Kier molecular flexibility index (Phi) is 3.85. The van der Waals surface area contributed by atoms with Crippen LogP contribution in [0.1, 0.15) is 18.4 Å². The summed E-state index contributed by atoms with van der Waals surface area (Å²) in [6.45, 7) is 1.74. The largest absolute Gasteiger partial charge is 0.392 e. The van der Waals surface area contributed by atoms with Crippen LogP contribution in [0, 0.1) is 0 Å². The molecule has 0 amide bonds. The minimum atomic E-state index is 0.0315.